The maximum atomic E-state index is 15.3. The Morgan fingerprint density at radius 2 is 1.59 bits per heavy atom. The zero-order valence-electron chi connectivity index (χ0n) is 21.1. The lowest BCUT2D eigenvalue weighted by Gasteiger charge is -2.40. The van der Waals surface area contributed by atoms with Gasteiger partial charge in [0, 0.05) is 24.8 Å². The second-order valence-corrected chi connectivity index (χ2v) is 9.73. The van der Waals surface area contributed by atoms with Crippen LogP contribution in [-0.2, 0) is 5.92 Å². The van der Waals surface area contributed by atoms with E-state index in [9.17, 15) is 8.78 Å². The number of fused-ring (bicyclic) bond motifs is 1. The quantitative estimate of drug-likeness (QED) is 0.389. The monoisotopic (exact) mass is 472 g/mol. The summed E-state index contributed by atoms with van der Waals surface area (Å²) < 4.78 is 58.2. The highest BCUT2D eigenvalue weighted by molar-refractivity contribution is 5.48. The average Bonchev–Trinajstić information content (AvgIpc) is 2.80. The number of benzene rings is 2. The Balaban J connectivity index is 0.00000158. The van der Waals surface area contributed by atoms with Gasteiger partial charge in [-0.2, -0.15) is 0 Å². The molecule has 2 aliphatic carbocycles. The molecule has 2 aromatic rings. The largest absolute Gasteiger partial charge is 0.274 e. The molecule has 0 saturated carbocycles. The first-order valence-electron chi connectivity index (χ1n) is 12.3. The first kappa shape index (κ1) is 26.2. The van der Waals surface area contributed by atoms with Crippen molar-refractivity contribution < 1.29 is 17.6 Å². The van der Waals surface area contributed by atoms with Gasteiger partial charge in [0.15, 0.2) is 0 Å². The second-order valence-electron chi connectivity index (χ2n) is 9.73. The van der Waals surface area contributed by atoms with E-state index in [0.29, 0.717) is 17.9 Å². The highest BCUT2D eigenvalue weighted by atomic mass is 19.3. The highest BCUT2D eigenvalue weighted by Crippen LogP contribution is 2.54. The minimum Gasteiger partial charge on any atom is -0.202 e. The van der Waals surface area contributed by atoms with Gasteiger partial charge in [-0.3, -0.25) is 0 Å². The molecule has 0 bridgehead atoms. The molecule has 0 radical (unpaired) electrons. The third kappa shape index (κ3) is 5.31. The van der Waals surface area contributed by atoms with Crippen LogP contribution in [0.4, 0.5) is 17.6 Å². The fraction of sp³-hybridized carbons (Fsp3) is 0.467. The summed E-state index contributed by atoms with van der Waals surface area (Å²) in [4.78, 5) is 0. The fourth-order valence-electron chi connectivity index (χ4n) is 5.15. The molecule has 4 rings (SSSR count). The van der Waals surface area contributed by atoms with Crippen molar-refractivity contribution in [3.8, 4) is 0 Å². The Morgan fingerprint density at radius 1 is 0.941 bits per heavy atom. The van der Waals surface area contributed by atoms with Crippen LogP contribution in [0.2, 0.25) is 0 Å². The standard InChI is InChI=1S/C28H30F4.C2H6/c1-17(2)19-6-8-21(9-7-19)26-23-14-5-18(3)15-25(23)28(31,32)16-24(26)20-10-12-22(13-11-20)27(4,29)30;1-2/h5-10,12,14-15,17,24,26H,11,13,16H2,1-4H3;1-2H3. The van der Waals surface area contributed by atoms with Gasteiger partial charge < -0.3 is 0 Å². The third-order valence-corrected chi connectivity index (χ3v) is 7.00. The molecule has 2 aliphatic rings. The molecule has 0 fully saturated rings. The summed E-state index contributed by atoms with van der Waals surface area (Å²) in [6.07, 6.45) is 3.40. The fourth-order valence-corrected chi connectivity index (χ4v) is 5.15. The van der Waals surface area contributed by atoms with Gasteiger partial charge in [0.2, 0.25) is 0 Å². The van der Waals surface area contributed by atoms with Crippen molar-refractivity contribution in [2.24, 2.45) is 5.92 Å². The molecular formula is C30H36F4. The Labute approximate surface area is 201 Å². The van der Waals surface area contributed by atoms with E-state index in [1.165, 1.54) is 11.6 Å². The Kier molecular flexibility index (Phi) is 7.79. The van der Waals surface area contributed by atoms with Crippen molar-refractivity contribution in [3.63, 3.8) is 0 Å². The molecule has 0 aromatic heterocycles. The molecule has 2 aromatic carbocycles. The number of aryl methyl sites for hydroxylation is 1. The van der Waals surface area contributed by atoms with Crippen LogP contribution in [-0.4, -0.2) is 5.92 Å². The zero-order chi connectivity index (χ0) is 25.3. The third-order valence-electron chi connectivity index (χ3n) is 7.00. The maximum Gasteiger partial charge on any atom is 0.274 e. The Hall–Kier alpha value is -2.36. The number of halogens is 4. The second kappa shape index (κ2) is 10.1. The SMILES string of the molecule is CC.Cc1ccc2c(c1)C(F)(F)CC(C1=CC=C(C(C)(F)F)CC1)C2c1ccc(C(C)C)cc1. The van der Waals surface area contributed by atoms with Gasteiger partial charge >= 0.3 is 0 Å². The van der Waals surface area contributed by atoms with Gasteiger partial charge in [-0.05, 0) is 59.9 Å². The van der Waals surface area contributed by atoms with Crippen LogP contribution < -0.4 is 0 Å². The van der Waals surface area contributed by atoms with E-state index in [4.69, 9.17) is 0 Å². The predicted molar refractivity (Wildman–Crippen MR) is 133 cm³/mol. The van der Waals surface area contributed by atoms with Crippen LogP contribution in [0.15, 0.2) is 65.8 Å². The van der Waals surface area contributed by atoms with E-state index in [1.807, 2.05) is 45.0 Å². The van der Waals surface area contributed by atoms with E-state index in [0.717, 1.165) is 23.6 Å². The number of hydrogen-bond donors (Lipinski definition) is 0. The first-order valence-corrected chi connectivity index (χ1v) is 12.3. The highest BCUT2D eigenvalue weighted by Gasteiger charge is 2.47. The van der Waals surface area contributed by atoms with Crippen LogP contribution in [0.3, 0.4) is 0 Å². The van der Waals surface area contributed by atoms with Gasteiger partial charge in [0.25, 0.3) is 11.8 Å². The molecule has 2 atom stereocenters. The smallest absolute Gasteiger partial charge is 0.202 e. The normalized spacial score (nSPS) is 21.7. The van der Waals surface area contributed by atoms with Crippen LogP contribution in [0, 0.1) is 12.8 Å². The molecule has 0 heterocycles. The molecule has 184 valence electrons. The summed E-state index contributed by atoms with van der Waals surface area (Å²) >= 11 is 0. The molecule has 0 N–H and O–H groups in total. The van der Waals surface area contributed by atoms with Crippen LogP contribution in [0.25, 0.3) is 0 Å². The average molecular weight is 473 g/mol. The van der Waals surface area contributed by atoms with Crippen molar-refractivity contribution in [2.45, 2.75) is 84.5 Å². The first-order chi connectivity index (χ1) is 16.0. The van der Waals surface area contributed by atoms with Crippen LogP contribution >= 0.6 is 0 Å². The lowest BCUT2D eigenvalue weighted by molar-refractivity contribution is -0.0365. The van der Waals surface area contributed by atoms with Crippen molar-refractivity contribution in [1.29, 1.82) is 0 Å². The minimum absolute atomic E-state index is 0.0673. The number of rotatable bonds is 4. The molecule has 0 amide bonds. The van der Waals surface area contributed by atoms with E-state index >= 15 is 8.78 Å². The van der Waals surface area contributed by atoms with Crippen molar-refractivity contribution in [2.75, 3.05) is 0 Å². The van der Waals surface area contributed by atoms with E-state index < -0.39 is 17.8 Å². The van der Waals surface area contributed by atoms with Gasteiger partial charge in [-0.1, -0.05) is 87.4 Å². The molecule has 2 unspecified atom stereocenters. The van der Waals surface area contributed by atoms with E-state index in [-0.39, 0.29) is 29.9 Å². The summed E-state index contributed by atoms with van der Waals surface area (Å²) in [6.45, 7) is 11.0. The molecule has 0 aliphatic heterocycles. The van der Waals surface area contributed by atoms with Crippen LogP contribution in [0.1, 0.15) is 93.5 Å². The van der Waals surface area contributed by atoms with E-state index in [2.05, 4.69) is 26.0 Å². The maximum absolute atomic E-state index is 15.3. The molecular weight excluding hydrogens is 436 g/mol. The van der Waals surface area contributed by atoms with Crippen molar-refractivity contribution in [3.05, 3.63) is 93.6 Å². The lowest BCUT2D eigenvalue weighted by Crippen LogP contribution is -2.33. The minimum atomic E-state index is -2.96. The van der Waals surface area contributed by atoms with Gasteiger partial charge in [-0.25, -0.2) is 17.6 Å². The molecule has 0 saturated heterocycles. The van der Waals surface area contributed by atoms with Crippen molar-refractivity contribution >= 4 is 0 Å². The number of alkyl halides is 4. The summed E-state index contributed by atoms with van der Waals surface area (Å²) in [5.41, 5.74) is 4.65. The summed E-state index contributed by atoms with van der Waals surface area (Å²) in [7, 11) is 0. The molecule has 4 heteroatoms. The summed E-state index contributed by atoms with van der Waals surface area (Å²) in [5, 5.41) is 0. The van der Waals surface area contributed by atoms with Gasteiger partial charge in [0.1, 0.15) is 0 Å². The predicted octanol–water partition coefficient (Wildman–Crippen LogP) is 9.69. The van der Waals surface area contributed by atoms with Gasteiger partial charge in [-0.15, -0.1) is 0 Å². The summed E-state index contributed by atoms with van der Waals surface area (Å²) in [5.74, 6) is -6.12. The van der Waals surface area contributed by atoms with Gasteiger partial charge in [0.05, 0.1) is 0 Å². The zero-order valence-corrected chi connectivity index (χ0v) is 21.1. The van der Waals surface area contributed by atoms with Crippen LogP contribution in [0.5, 0.6) is 0 Å². The Morgan fingerprint density at radius 3 is 2.12 bits per heavy atom. The molecule has 0 spiro atoms. The molecule has 0 nitrogen and oxygen atoms in total. The van der Waals surface area contributed by atoms with Crippen molar-refractivity contribution in [1.82, 2.24) is 0 Å². The van der Waals surface area contributed by atoms with E-state index in [1.54, 1.807) is 12.1 Å². The number of hydrogen-bond acceptors (Lipinski definition) is 0. The summed E-state index contributed by atoms with van der Waals surface area (Å²) in [6, 6.07) is 13.6. The Bertz CT molecular complexity index is 1050. The number of allylic oxidation sites excluding steroid dienone is 4. The lowest BCUT2D eigenvalue weighted by atomic mass is 9.66. The molecule has 34 heavy (non-hydrogen) atoms. The topological polar surface area (TPSA) is 0 Å².